The van der Waals surface area contributed by atoms with Gasteiger partial charge in [0.1, 0.15) is 17.2 Å². The minimum atomic E-state index is 0.601. The van der Waals surface area contributed by atoms with E-state index in [-0.39, 0.29) is 0 Å². The van der Waals surface area contributed by atoms with E-state index in [0.717, 1.165) is 84.8 Å². The molecule has 10 nitrogen and oxygen atoms in total. The number of nitrogens with one attached hydrogen (secondary N) is 2. The number of aryl methyl sites for hydroxylation is 4. The predicted molar refractivity (Wildman–Crippen MR) is 186 cm³/mol. The van der Waals surface area contributed by atoms with E-state index in [1.54, 1.807) is 11.2 Å². The molecule has 1 aromatic heterocycles. The number of nitrogens with two attached hydrogens (primary N) is 2. The van der Waals surface area contributed by atoms with Crippen LogP contribution in [0.4, 0.5) is 0 Å². The smallest absolute Gasteiger partial charge is 0.122 e. The molecule has 0 unspecified atom stereocenters. The van der Waals surface area contributed by atoms with Crippen molar-refractivity contribution in [2.45, 2.75) is 46.1 Å². The van der Waals surface area contributed by atoms with Gasteiger partial charge in [0.15, 0.2) is 0 Å². The summed E-state index contributed by atoms with van der Waals surface area (Å²) < 4.78 is 13.7. The Morgan fingerprint density at radius 1 is 0.848 bits per heavy atom. The van der Waals surface area contributed by atoms with Gasteiger partial charge in [0.05, 0.1) is 25.1 Å². The Hall–Kier alpha value is -4.38. The van der Waals surface area contributed by atoms with Crippen LogP contribution in [-0.2, 0) is 19.4 Å². The van der Waals surface area contributed by atoms with E-state index in [1.807, 2.05) is 55.3 Å². The molecule has 4 aromatic rings. The molecule has 0 aliphatic heterocycles. The minimum Gasteiger partial charge on any atom is -0.493 e. The Kier molecular flexibility index (Phi) is 13.5. The molecule has 4 rings (SSSR count). The van der Waals surface area contributed by atoms with Crippen molar-refractivity contribution in [3.63, 3.8) is 0 Å². The van der Waals surface area contributed by atoms with Crippen LogP contribution >= 0.6 is 0 Å². The SMILES string of the molecule is CNCCCOc1ccc(CCN(N)/C=C(\N)c2ccc(-c3cn(CCc4ccc(OCCCNC)c(C)c4)nn3)cc2)cc1C. The molecule has 0 saturated heterocycles. The fourth-order valence-corrected chi connectivity index (χ4v) is 5.11. The minimum absolute atomic E-state index is 0.601. The van der Waals surface area contributed by atoms with E-state index in [0.29, 0.717) is 25.5 Å². The van der Waals surface area contributed by atoms with Crippen molar-refractivity contribution in [3.8, 4) is 22.8 Å². The molecule has 0 bridgehead atoms. The Balaban J connectivity index is 1.25. The molecule has 0 atom stereocenters. The molecule has 246 valence electrons. The Morgan fingerprint density at radius 2 is 1.43 bits per heavy atom. The standard InChI is InChI=1S/C36H50N8O2/c1-27-23-29(7-13-35(27)45-21-5-17-39-3)15-19-43(38)25-33(37)31-9-11-32(12-10-31)34-26-44(42-41-34)20-16-30-8-14-36(28(2)24-30)46-22-6-18-40-4/h7-14,23-26,39-40H,5-6,15-22,37-38H2,1-4H3/b33-25-. The molecular weight excluding hydrogens is 576 g/mol. The molecule has 0 spiro atoms. The van der Waals surface area contributed by atoms with E-state index in [1.165, 1.54) is 11.1 Å². The highest BCUT2D eigenvalue weighted by Crippen LogP contribution is 2.22. The van der Waals surface area contributed by atoms with Crippen molar-refractivity contribution >= 4 is 5.70 Å². The zero-order chi connectivity index (χ0) is 32.7. The lowest BCUT2D eigenvalue weighted by Crippen LogP contribution is -2.28. The summed E-state index contributed by atoms with van der Waals surface area (Å²) in [6.07, 6.45) is 7.37. The number of benzene rings is 3. The largest absolute Gasteiger partial charge is 0.493 e. The van der Waals surface area contributed by atoms with Crippen molar-refractivity contribution in [1.29, 1.82) is 0 Å². The first-order valence-corrected chi connectivity index (χ1v) is 16.1. The van der Waals surface area contributed by atoms with Crippen LogP contribution in [0, 0.1) is 13.8 Å². The summed E-state index contributed by atoms with van der Waals surface area (Å²) in [5, 5.41) is 16.7. The van der Waals surface area contributed by atoms with Crippen molar-refractivity contribution in [3.05, 3.63) is 101 Å². The lowest BCUT2D eigenvalue weighted by molar-refractivity contribution is 0.307. The Bertz CT molecular complexity index is 1530. The predicted octanol–water partition coefficient (Wildman–Crippen LogP) is 4.46. The van der Waals surface area contributed by atoms with Gasteiger partial charge in [-0.15, -0.1) is 5.10 Å². The molecule has 0 fully saturated rings. The summed E-state index contributed by atoms with van der Waals surface area (Å²) in [7, 11) is 3.90. The van der Waals surface area contributed by atoms with Crippen molar-refractivity contribution in [2.24, 2.45) is 11.6 Å². The van der Waals surface area contributed by atoms with Crippen molar-refractivity contribution in [2.75, 3.05) is 46.9 Å². The van der Waals surface area contributed by atoms with Crippen LogP contribution in [0.5, 0.6) is 11.5 Å². The van der Waals surface area contributed by atoms with Gasteiger partial charge in [-0.2, -0.15) is 0 Å². The molecule has 0 saturated carbocycles. The van der Waals surface area contributed by atoms with Crippen molar-refractivity contribution in [1.82, 2.24) is 30.6 Å². The number of hydrogen-bond acceptors (Lipinski definition) is 9. The molecule has 0 amide bonds. The zero-order valence-corrected chi connectivity index (χ0v) is 27.8. The van der Waals surface area contributed by atoms with Crippen LogP contribution in [-0.4, -0.2) is 66.9 Å². The number of nitrogens with zero attached hydrogens (tertiary/aromatic N) is 4. The maximum Gasteiger partial charge on any atom is 0.122 e. The lowest BCUT2D eigenvalue weighted by Gasteiger charge is -2.16. The summed E-state index contributed by atoms with van der Waals surface area (Å²) in [5.41, 5.74) is 14.4. The number of aromatic nitrogens is 3. The first-order chi connectivity index (χ1) is 22.4. The highest BCUT2D eigenvalue weighted by Gasteiger charge is 2.08. The molecule has 0 radical (unpaired) electrons. The van der Waals surface area contributed by atoms with Gasteiger partial charge in [0, 0.05) is 24.9 Å². The Labute approximate surface area is 273 Å². The number of rotatable bonds is 19. The maximum absolute atomic E-state index is 6.40. The highest BCUT2D eigenvalue weighted by atomic mass is 16.5. The van der Waals surface area contributed by atoms with Crippen LogP contribution in [0.3, 0.4) is 0 Å². The van der Waals surface area contributed by atoms with Crippen LogP contribution in [0.25, 0.3) is 17.0 Å². The summed E-state index contributed by atoms with van der Waals surface area (Å²) >= 11 is 0. The van der Waals surface area contributed by atoms with Gasteiger partial charge in [0.25, 0.3) is 0 Å². The molecule has 6 N–H and O–H groups in total. The Morgan fingerprint density at radius 3 is 2.00 bits per heavy atom. The van der Waals surface area contributed by atoms with Crippen molar-refractivity contribution < 1.29 is 9.47 Å². The first-order valence-electron chi connectivity index (χ1n) is 16.1. The normalized spacial score (nSPS) is 11.5. The van der Waals surface area contributed by atoms with Crippen LogP contribution in [0.2, 0.25) is 0 Å². The van der Waals surface area contributed by atoms with E-state index < -0.39 is 0 Å². The average Bonchev–Trinajstić information content (AvgIpc) is 3.54. The molecule has 0 aliphatic carbocycles. The fraction of sp³-hybridized carbons (Fsp3) is 0.389. The maximum atomic E-state index is 6.40. The quantitative estimate of drug-likeness (QED) is 0.0678. The summed E-state index contributed by atoms with van der Waals surface area (Å²) in [4.78, 5) is 0. The van der Waals surface area contributed by atoms with Gasteiger partial charge in [-0.25, -0.2) is 5.84 Å². The molecule has 0 aliphatic rings. The molecule has 46 heavy (non-hydrogen) atoms. The van der Waals surface area contributed by atoms with Gasteiger partial charge in [-0.3, -0.25) is 4.68 Å². The fourth-order valence-electron chi connectivity index (χ4n) is 5.11. The molecular formula is C36H50N8O2. The number of ether oxygens (including phenoxy) is 2. The van der Waals surface area contributed by atoms with Gasteiger partial charge in [-0.1, -0.05) is 53.7 Å². The molecule has 10 heteroatoms. The third-order valence-corrected chi connectivity index (χ3v) is 7.78. The molecule has 1 heterocycles. The second-order valence-corrected chi connectivity index (χ2v) is 11.6. The lowest BCUT2D eigenvalue weighted by atomic mass is 10.1. The third-order valence-electron chi connectivity index (χ3n) is 7.78. The van der Waals surface area contributed by atoms with Crippen LogP contribution < -0.4 is 31.7 Å². The second kappa shape index (κ2) is 17.9. The topological polar surface area (TPSA) is 129 Å². The zero-order valence-electron chi connectivity index (χ0n) is 27.8. The van der Waals surface area contributed by atoms with Gasteiger partial charge in [0.2, 0.25) is 0 Å². The van der Waals surface area contributed by atoms with E-state index in [2.05, 4.69) is 65.1 Å². The van der Waals surface area contributed by atoms with E-state index in [4.69, 9.17) is 21.1 Å². The monoisotopic (exact) mass is 626 g/mol. The number of hydrogen-bond donors (Lipinski definition) is 4. The first kappa shape index (κ1) is 34.5. The highest BCUT2D eigenvalue weighted by molar-refractivity contribution is 5.66. The molecule has 3 aromatic carbocycles. The second-order valence-electron chi connectivity index (χ2n) is 11.6. The van der Waals surface area contributed by atoms with E-state index in [9.17, 15) is 0 Å². The van der Waals surface area contributed by atoms with E-state index >= 15 is 0 Å². The van der Waals surface area contributed by atoms with Crippen LogP contribution in [0.1, 0.15) is 40.7 Å². The van der Waals surface area contributed by atoms with Crippen LogP contribution in [0.15, 0.2) is 73.1 Å². The van der Waals surface area contributed by atoms with Gasteiger partial charge < -0.3 is 30.8 Å². The summed E-state index contributed by atoms with van der Waals surface area (Å²) in [6, 6.07) is 20.7. The summed E-state index contributed by atoms with van der Waals surface area (Å²) in [5.74, 6) is 8.15. The third kappa shape index (κ3) is 10.6. The van der Waals surface area contributed by atoms with Gasteiger partial charge >= 0.3 is 0 Å². The van der Waals surface area contributed by atoms with Gasteiger partial charge in [-0.05, 0) is 107 Å². The summed E-state index contributed by atoms with van der Waals surface area (Å²) in [6.45, 7) is 8.84. The number of hydrazine groups is 1. The average molecular weight is 627 g/mol.